The summed E-state index contributed by atoms with van der Waals surface area (Å²) in [6.07, 6.45) is 2.46. The zero-order valence-corrected chi connectivity index (χ0v) is 17.3. The Morgan fingerprint density at radius 3 is 2.84 bits per heavy atom. The molecule has 0 aliphatic carbocycles. The second kappa shape index (κ2) is 8.66. The van der Waals surface area contributed by atoms with Gasteiger partial charge in [-0.05, 0) is 30.3 Å². The van der Waals surface area contributed by atoms with E-state index in [4.69, 9.17) is 5.41 Å². The van der Waals surface area contributed by atoms with Crippen LogP contribution in [0.15, 0.2) is 41.5 Å². The van der Waals surface area contributed by atoms with Gasteiger partial charge in [0.2, 0.25) is 0 Å². The van der Waals surface area contributed by atoms with Gasteiger partial charge in [0.15, 0.2) is 0 Å². The zero-order valence-electron chi connectivity index (χ0n) is 17.3. The molecule has 3 aromatic rings. The number of H-pyrrole nitrogens is 1. The number of aromatic amines is 1. The van der Waals surface area contributed by atoms with Crippen LogP contribution in [0.1, 0.15) is 13.3 Å². The van der Waals surface area contributed by atoms with Crippen molar-refractivity contribution in [1.29, 1.82) is 5.41 Å². The summed E-state index contributed by atoms with van der Waals surface area (Å²) in [7, 11) is 1.75. The Kier molecular flexibility index (Phi) is 5.79. The highest BCUT2D eigenvalue weighted by Gasteiger charge is 2.25. The first-order chi connectivity index (χ1) is 15.0. The fraction of sp³-hybridized carbons (Fsp3) is 0.333. The lowest BCUT2D eigenvalue weighted by molar-refractivity contribution is -0.0497. The van der Waals surface area contributed by atoms with E-state index in [-0.39, 0.29) is 5.75 Å². The molecule has 10 heteroatoms. The van der Waals surface area contributed by atoms with Crippen molar-refractivity contribution in [3.05, 3.63) is 36.5 Å². The number of aromatic nitrogens is 3. The Morgan fingerprint density at radius 2 is 2.13 bits per heavy atom. The van der Waals surface area contributed by atoms with Crippen molar-refractivity contribution in [1.82, 2.24) is 20.1 Å². The molecule has 1 aliphatic rings. The minimum absolute atomic E-state index is 0.0771. The highest BCUT2D eigenvalue weighted by Crippen LogP contribution is 2.31. The largest absolute Gasteiger partial charge is 0.435 e. The predicted molar refractivity (Wildman–Crippen MR) is 116 cm³/mol. The number of alkyl halides is 2. The van der Waals surface area contributed by atoms with Crippen LogP contribution in [0.4, 0.5) is 14.6 Å². The van der Waals surface area contributed by atoms with Gasteiger partial charge in [-0.2, -0.15) is 13.9 Å². The molecule has 1 saturated heterocycles. The molecule has 0 amide bonds. The molecule has 0 unspecified atom stereocenters. The number of hydrogen-bond donors (Lipinski definition) is 2. The summed E-state index contributed by atoms with van der Waals surface area (Å²) in [6.45, 7) is 0.916. The number of piperazine rings is 1. The highest BCUT2D eigenvalue weighted by molar-refractivity contribution is 6.02. The standard InChI is InChI=1S/C21H23F2N7O/c1-3-18(25-2)30-9-8-29(12-17(30)24)19-10-13(6-7-26-19)20-15-11-14(31-21(22)23)4-5-16(15)27-28-20/h4-7,10-11,21,24H,3,8-9,12H2,1-2H3,(H,27,28). The van der Waals surface area contributed by atoms with Crippen LogP contribution in [-0.2, 0) is 0 Å². The number of nitrogens with one attached hydrogen (secondary N) is 2. The number of benzene rings is 1. The Morgan fingerprint density at radius 1 is 1.29 bits per heavy atom. The second-order valence-corrected chi connectivity index (χ2v) is 7.07. The number of ether oxygens (including phenoxy) is 1. The van der Waals surface area contributed by atoms with Crippen molar-refractivity contribution in [2.75, 3.05) is 31.6 Å². The third kappa shape index (κ3) is 4.18. The molecule has 1 aromatic carbocycles. The first-order valence-corrected chi connectivity index (χ1v) is 9.95. The molecule has 3 heterocycles. The summed E-state index contributed by atoms with van der Waals surface area (Å²) < 4.78 is 29.7. The number of hydrogen-bond acceptors (Lipinski definition) is 6. The first kappa shape index (κ1) is 20.7. The smallest absolute Gasteiger partial charge is 0.387 e. The van der Waals surface area contributed by atoms with Crippen LogP contribution in [-0.4, -0.2) is 65.0 Å². The van der Waals surface area contributed by atoms with Gasteiger partial charge in [0.1, 0.15) is 28.9 Å². The van der Waals surface area contributed by atoms with E-state index in [1.54, 1.807) is 25.4 Å². The Balaban J connectivity index is 1.60. The number of aliphatic imine (C=N–C) groups is 1. The molecular formula is C21H23F2N7O. The summed E-state index contributed by atoms with van der Waals surface area (Å²) >= 11 is 0. The van der Waals surface area contributed by atoms with E-state index < -0.39 is 6.61 Å². The number of halogens is 2. The van der Waals surface area contributed by atoms with Gasteiger partial charge >= 0.3 is 6.61 Å². The molecule has 162 valence electrons. The summed E-state index contributed by atoms with van der Waals surface area (Å²) in [6, 6.07) is 8.40. The number of amidine groups is 2. The minimum Gasteiger partial charge on any atom is -0.435 e. The van der Waals surface area contributed by atoms with E-state index in [0.717, 1.165) is 29.2 Å². The maximum atomic E-state index is 12.6. The van der Waals surface area contributed by atoms with Crippen LogP contribution < -0.4 is 9.64 Å². The van der Waals surface area contributed by atoms with Crippen LogP contribution in [0.25, 0.3) is 22.2 Å². The van der Waals surface area contributed by atoms with Gasteiger partial charge < -0.3 is 14.5 Å². The van der Waals surface area contributed by atoms with Gasteiger partial charge in [0.05, 0.1) is 12.1 Å². The topological polar surface area (TPSA) is 93.5 Å². The van der Waals surface area contributed by atoms with Crippen molar-refractivity contribution in [3.8, 4) is 17.0 Å². The summed E-state index contributed by atoms with van der Waals surface area (Å²) in [5, 5.41) is 16.4. The van der Waals surface area contributed by atoms with Crippen molar-refractivity contribution in [3.63, 3.8) is 0 Å². The summed E-state index contributed by atoms with van der Waals surface area (Å²) in [5.41, 5.74) is 2.14. The van der Waals surface area contributed by atoms with Crippen LogP contribution >= 0.6 is 0 Å². The number of pyridine rings is 1. The van der Waals surface area contributed by atoms with Gasteiger partial charge in [-0.25, -0.2) is 4.98 Å². The lowest BCUT2D eigenvalue weighted by Crippen LogP contribution is -2.52. The number of rotatable bonds is 5. The molecule has 2 N–H and O–H groups in total. The Hall–Kier alpha value is -3.56. The van der Waals surface area contributed by atoms with Gasteiger partial charge in [-0.3, -0.25) is 15.5 Å². The molecule has 0 spiro atoms. The van der Waals surface area contributed by atoms with Gasteiger partial charge in [-0.15, -0.1) is 0 Å². The third-order valence-corrected chi connectivity index (χ3v) is 5.25. The van der Waals surface area contributed by atoms with Crippen molar-refractivity contribution < 1.29 is 13.5 Å². The molecule has 0 saturated carbocycles. The quantitative estimate of drug-likeness (QED) is 0.478. The van der Waals surface area contributed by atoms with Gasteiger partial charge in [0, 0.05) is 43.7 Å². The fourth-order valence-electron chi connectivity index (χ4n) is 3.78. The van der Waals surface area contributed by atoms with Crippen molar-refractivity contribution in [2.45, 2.75) is 20.0 Å². The molecule has 31 heavy (non-hydrogen) atoms. The van der Waals surface area contributed by atoms with Crippen molar-refractivity contribution in [2.24, 2.45) is 4.99 Å². The van der Waals surface area contributed by atoms with Crippen LogP contribution in [0.3, 0.4) is 0 Å². The Bertz CT molecular complexity index is 1130. The number of anilines is 1. The van der Waals surface area contributed by atoms with Crippen LogP contribution in [0.5, 0.6) is 5.75 Å². The normalized spacial score (nSPS) is 15.3. The van der Waals surface area contributed by atoms with E-state index >= 15 is 0 Å². The Labute approximate surface area is 178 Å². The predicted octanol–water partition coefficient (Wildman–Crippen LogP) is 3.76. The molecular weight excluding hydrogens is 404 g/mol. The minimum atomic E-state index is -2.89. The maximum Gasteiger partial charge on any atom is 0.387 e. The van der Waals surface area contributed by atoms with Crippen molar-refractivity contribution >= 4 is 28.4 Å². The third-order valence-electron chi connectivity index (χ3n) is 5.25. The molecule has 0 atom stereocenters. The van der Waals surface area contributed by atoms with Crippen LogP contribution in [0.2, 0.25) is 0 Å². The molecule has 8 nitrogen and oxygen atoms in total. The summed E-state index contributed by atoms with van der Waals surface area (Å²) in [5.74, 6) is 2.17. The van der Waals surface area contributed by atoms with E-state index in [0.29, 0.717) is 36.6 Å². The zero-order chi connectivity index (χ0) is 22.0. The van der Waals surface area contributed by atoms with Gasteiger partial charge in [0.25, 0.3) is 0 Å². The lowest BCUT2D eigenvalue weighted by atomic mass is 10.1. The fourth-order valence-corrected chi connectivity index (χ4v) is 3.78. The average molecular weight is 427 g/mol. The van der Waals surface area contributed by atoms with Gasteiger partial charge in [-0.1, -0.05) is 6.92 Å². The maximum absolute atomic E-state index is 12.6. The molecule has 0 radical (unpaired) electrons. The van der Waals surface area contributed by atoms with E-state index in [1.807, 2.05) is 28.9 Å². The van der Waals surface area contributed by atoms with E-state index in [2.05, 4.69) is 24.9 Å². The first-order valence-electron chi connectivity index (χ1n) is 9.95. The molecule has 4 rings (SSSR count). The lowest BCUT2D eigenvalue weighted by Gasteiger charge is -2.37. The highest BCUT2D eigenvalue weighted by atomic mass is 19.3. The summed E-state index contributed by atoms with van der Waals surface area (Å²) in [4.78, 5) is 12.7. The monoisotopic (exact) mass is 427 g/mol. The molecule has 1 aliphatic heterocycles. The number of nitrogens with zero attached hydrogens (tertiary/aromatic N) is 5. The average Bonchev–Trinajstić information content (AvgIpc) is 3.18. The number of fused-ring (bicyclic) bond motifs is 1. The second-order valence-electron chi connectivity index (χ2n) is 7.07. The van der Waals surface area contributed by atoms with E-state index in [1.165, 1.54) is 6.07 Å². The molecule has 0 bridgehead atoms. The molecule has 1 fully saturated rings. The van der Waals surface area contributed by atoms with Crippen LogP contribution in [0, 0.1) is 5.41 Å². The van der Waals surface area contributed by atoms with E-state index in [9.17, 15) is 8.78 Å². The SMILES string of the molecule is CCC(=NC)N1CCN(c2cc(-c3n[nH]c4ccc(OC(F)F)cc34)ccn2)CC1=N. The molecule has 2 aromatic heterocycles.